The summed E-state index contributed by atoms with van der Waals surface area (Å²) in [6.45, 7) is 9.37. The van der Waals surface area contributed by atoms with Gasteiger partial charge in [-0.1, -0.05) is 20.3 Å². The van der Waals surface area contributed by atoms with E-state index in [1.54, 1.807) is 20.8 Å². The van der Waals surface area contributed by atoms with E-state index in [1.165, 1.54) is 7.11 Å². The van der Waals surface area contributed by atoms with Crippen molar-refractivity contribution < 1.29 is 19.1 Å². The first kappa shape index (κ1) is 16.7. The summed E-state index contributed by atoms with van der Waals surface area (Å²) in [7, 11) is 1.34. The van der Waals surface area contributed by atoms with E-state index in [1.807, 2.05) is 13.8 Å². The van der Waals surface area contributed by atoms with E-state index in [0.29, 0.717) is 0 Å². The number of ether oxygens (including phenoxy) is 2. The Morgan fingerprint density at radius 3 is 2.22 bits per heavy atom. The van der Waals surface area contributed by atoms with E-state index in [0.717, 1.165) is 6.42 Å². The van der Waals surface area contributed by atoms with E-state index in [4.69, 9.17) is 4.74 Å². The molecule has 0 heterocycles. The second-order valence-electron chi connectivity index (χ2n) is 5.42. The lowest BCUT2D eigenvalue weighted by Gasteiger charge is -2.26. The third kappa shape index (κ3) is 7.14. The second-order valence-corrected chi connectivity index (χ2v) is 5.42. The van der Waals surface area contributed by atoms with E-state index in [2.05, 4.69) is 10.1 Å². The summed E-state index contributed by atoms with van der Waals surface area (Å²) in [6.07, 6.45) is 0.513. The first-order valence-electron chi connectivity index (χ1n) is 6.26. The monoisotopic (exact) mass is 259 g/mol. The second kappa shape index (κ2) is 7.24. The third-order valence-electron chi connectivity index (χ3n) is 2.65. The third-order valence-corrected chi connectivity index (χ3v) is 2.65. The van der Waals surface area contributed by atoms with E-state index < -0.39 is 11.7 Å². The maximum absolute atomic E-state index is 11.7. The number of rotatable bonds is 5. The van der Waals surface area contributed by atoms with Crippen LogP contribution in [0.25, 0.3) is 0 Å². The maximum Gasteiger partial charge on any atom is 0.407 e. The molecule has 5 nitrogen and oxygen atoms in total. The number of esters is 1. The zero-order chi connectivity index (χ0) is 14.3. The molecule has 0 saturated carbocycles. The molecule has 1 amide bonds. The molecule has 106 valence electrons. The van der Waals surface area contributed by atoms with Gasteiger partial charge in [0.25, 0.3) is 0 Å². The van der Waals surface area contributed by atoms with Gasteiger partial charge in [-0.3, -0.25) is 4.79 Å². The highest BCUT2D eigenvalue weighted by molar-refractivity contribution is 5.72. The molecule has 0 aliphatic rings. The molecule has 0 spiro atoms. The lowest BCUT2D eigenvalue weighted by Crippen LogP contribution is -2.43. The molecule has 0 fully saturated rings. The van der Waals surface area contributed by atoms with E-state index in [9.17, 15) is 9.59 Å². The van der Waals surface area contributed by atoms with Crippen molar-refractivity contribution in [1.29, 1.82) is 0 Å². The van der Waals surface area contributed by atoms with Crippen molar-refractivity contribution in [1.82, 2.24) is 5.32 Å². The Morgan fingerprint density at radius 1 is 1.28 bits per heavy atom. The highest BCUT2D eigenvalue weighted by Crippen LogP contribution is 2.13. The van der Waals surface area contributed by atoms with Crippen LogP contribution in [0.5, 0.6) is 0 Å². The summed E-state index contributed by atoms with van der Waals surface area (Å²) >= 11 is 0. The molecule has 5 heteroatoms. The Bertz CT molecular complexity index is 283. The van der Waals surface area contributed by atoms with Crippen molar-refractivity contribution in [3.8, 4) is 0 Å². The number of amides is 1. The number of carbonyl (C=O) groups is 2. The van der Waals surface area contributed by atoms with Gasteiger partial charge in [0, 0.05) is 6.04 Å². The van der Waals surface area contributed by atoms with Gasteiger partial charge in [0.15, 0.2) is 0 Å². The summed E-state index contributed by atoms with van der Waals surface area (Å²) in [6, 6.07) is -0.266. The fourth-order valence-electron chi connectivity index (χ4n) is 1.40. The molecule has 0 radical (unpaired) electrons. The Balaban J connectivity index is 4.49. The molecule has 0 bridgehead atoms. The Kier molecular flexibility index (Phi) is 6.73. The summed E-state index contributed by atoms with van der Waals surface area (Å²) in [5.74, 6) is -0.159. The van der Waals surface area contributed by atoms with Gasteiger partial charge in [-0.15, -0.1) is 0 Å². The standard InChI is InChI=1S/C13H25NO4/c1-7-9(2)10(8-11(15)17-6)14-12(16)18-13(3,4)5/h9-10H,7-8H2,1-6H3,(H,14,16). The molecule has 1 N–H and O–H groups in total. The first-order valence-corrected chi connectivity index (χ1v) is 6.26. The highest BCUT2D eigenvalue weighted by Gasteiger charge is 2.24. The van der Waals surface area contributed by atoms with Gasteiger partial charge in [-0.25, -0.2) is 4.79 Å². The molecule has 2 unspecified atom stereocenters. The molecule has 0 aromatic heterocycles. The average Bonchev–Trinajstić information content (AvgIpc) is 2.24. The maximum atomic E-state index is 11.7. The quantitative estimate of drug-likeness (QED) is 0.770. The van der Waals surface area contributed by atoms with Gasteiger partial charge in [0.1, 0.15) is 5.60 Å². The number of methoxy groups -OCH3 is 1. The summed E-state index contributed by atoms with van der Waals surface area (Å²) < 4.78 is 9.80. The molecule has 0 aromatic rings. The van der Waals surface area contributed by atoms with Crippen molar-refractivity contribution in [2.45, 2.75) is 59.1 Å². The minimum absolute atomic E-state index is 0.157. The fraction of sp³-hybridized carbons (Fsp3) is 0.846. The van der Waals surface area contributed by atoms with Crippen LogP contribution >= 0.6 is 0 Å². The van der Waals surface area contributed by atoms with Gasteiger partial charge < -0.3 is 14.8 Å². The smallest absolute Gasteiger partial charge is 0.407 e. The summed E-state index contributed by atoms with van der Waals surface area (Å²) in [5, 5.41) is 2.73. The number of alkyl carbamates (subject to hydrolysis) is 1. The van der Waals surface area contributed by atoms with Crippen LogP contribution < -0.4 is 5.32 Å². The molecule has 0 rings (SSSR count). The van der Waals surface area contributed by atoms with Gasteiger partial charge >= 0.3 is 12.1 Å². The SMILES string of the molecule is CCC(C)C(CC(=O)OC)NC(=O)OC(C)(C)C. The van der Waals surface area contributed by atoms with Gasteiger partial charge in [-0.2, -0.15) is 0 Å². The molecular formula is C13H25NO4. The predicted octanol–water partition coefficient (Wildman–Crippen LogP) is 2.49. The summed E-state index contributed by atoms with van der Waals surface area (Å²) in [5.41, 5.74) is -0.546. The zero-order valence-corrected chi connectivity index (χ0v) is 12.2. The zero-order valence-electron chi connectivity index (χ0n) is 12.2. The normalized spacial score (nSPS) is 14.6. The van der Waals surface area contributed by atoms with E-state index in [-0.39, 0.29) is 24.3 Å². The van der Waals surface area contributed by atoms with Crippen molar-refractivity contribution >= 4 is 12.1 Å². The minimum Gasteiger partial charge on any atom is -0.469 e. The van der Waals surface area contributed by atoms with Crippen LogP contribution in [0.3, 0.4) is 0 Å². The topological polar surface area (TPSA) is 64.6 Å². The van der Waals surface area contributed by atoms with Crippen LogP contribution in [-0.4, -0.2) is 30.8 Å². The molecule has 0 aliphatic heterocycles. The van der Waals surface area contributed by atoms with Crippen molar-refractivity contribution in [3.63, 3.8) is 0 Å². The van der Waals surface area contributed by atoms with Crippen molar-refractivity contribution in [3.05, 3.63) is 0 Å². The van der Waals surface area contributed by atoms with Crippen LogP contribution in [0.15, 0.2) is 0 Å². The van der Waals surface area contributed by atoms with Crippen LogP contribution in [0, 0.1) is 5.92 Å². The number of carbonyl (C=O) groups excluding carboxylic acids is 2. The molecule has 2 atom stereocenters. The highest BCUT2D eigenvalue weighted by atomic mass is 16.6. The molecule has 18 heavy (non-hydrogen) atoms. The van der Waals surface area contributed by atoms with Crippen LogP contribution in [0.1, 0.15) is 47.5 Å². The lowest BCUT2D eigenvalue weighted by atomic mass is 9.96. The molecule has 0 aliphatic carbocycles. The van der Waals surface area contributed by atoms with Crippen molar-refractivity contribution in [2.75, 3.05) is 7.11 Å². The molecule has 0 aromatic carbocycles. The van der Waals surface area contributed by atoms with Crippen molar-refractivity contribution in [2.24, 2.45) is 5.92 Å². The summed E-state index contributed by atoms with van der Waals surface area (Å²) in [4.78, 5) is 23.0. The minimum atomic E-state index is -0.546. The number of hydrogen-bond acceptors (Lipinski definition) is 4. The molecular weight excluding hydrogens is 234 g/mol. The van der Waals surface area contributed by atoms with Crippen LogP contribution in [0.2, 0.25) is 0 Å². The Labute approximate surface area is 109 Å². The van der Waals surface area contributed by atoms with E-state index >= 15 is 0 Å². The number of hydrogen-bond donors (Lipinski definition) is 1. The Hall–Kier alpha value is -1.26. The van der Waals surface area contributed by atoms with Gasteiger partial charge in [0.05, 0.1) is 13.5 Å². The van der Waals surface area contributed by atoms with Crippen LogP contribution in [-0.2, 0) is 14.3 Å². The lowest BCUT2D eigenvalue weighted by molar-refractivity contribution is -0.141. The van der Waals surface area contributed by atoms with Gasteiger partial charge in [-0.05, 0) is 26.7 Å². The largest absolute Gasteiger partial charge is 0.469 e. The number of nitrogens with one attached hydrogen (secondary N) is 1. The fourth-order valence-corrected chi connectivity index (χ4v) is 1.40. The average molecular weight is 259 g/mol. The van der Waals surface area contributed by atoms with Crippen LogP contribution in [0.4, 0.5) is 4.79 Å². The predicted molar refractivity (Wildman–Crippen MR) is 69.2 cm³/mol. The first-order chi connectivity index (χ1) is 8.19. The Morgan fingerprint density at radius 2 is 1.83 bits per heavy atom. The molecule has 0 saturated heterocycles. The van der Waals surface area contributed by atoms with Gasteiger partial charge in [0.2, 0.25) is 0 Å².